The predicted octanol–water partition coefficient (Wildman–Crippen LogP) is 2.75. The van der Waals surface area contributed by atoms with E-state index in [2.05, 4.69) is 10.4 Å². The Labute approximate surface area is 100 Å². The number of nitrogens with one attached hydrogen (secondary N) is 1. The number of thiocarbonyl (C=S) groups is 1. The Hall–Kier alpha value is -1.68. The molecule has 0 aliphatic rings. The summed E-state index contributed by atoms with van der Waals surface area (Å²) in [5.74, 6) is 0. The minimum Gasteiger partial charge on any atom is -0.331 e. The van der Waals surface area contributed by atoms with Gasteiger partial charge < -0.3 is 5.32 Å². The van der Waals surface area contributed by atoms with Gasteiger partial charge in [-0.2, -0.15) is 5.10 Å². The molecule has 0 aliphatic heterocycles. The molecular formula is C12H13N3S. The molecule has 0 saturated carbocycles. The van der Waals surface area contributed by atoms with Crippen LogP contribution in [0, 0.1) is 13.8 Å². The van der Waals surface area contributed by atoms with Crippen molar-refractivity contribution >= 4 is 23.0 Å². The van der Waals surface area contributed by atoms with Gasteiger partial charge in [-0.25, -0.2) is 4.68 Å². The lowest BCUT2D eigenvalue weighted by Gasteiger charge is -2.09. The number of nitrogens with zero attached hydrogens (tertiary/aromatic N) is 2. The summed E-state index contributed by atoms with van der Waals surface area (Å²) in [4.78, 5) is 0. The molecule has 2 aromatic rings. The van der Waals surface area contributed by atoms with Gasteiger partial charge in [0.15, 0.2) is 5.11 Å². The van der Waals surface area contributed by atoms with E-state index in [4.69, 9.17) is 12.2 Å². The summed E-state index contributed by atoms with van der Waals surface area (Å²) in [6.07, 6.45) is 3.68. The molecule has 1 aromatic carbocycles. The van der Waals surface area contributed by atoms with Crippen LogP contribution in [0.25, 0.3) is 0 Å². The minimum atomic E-state index is 0.586. The molecule has 4 heteroatoms. The summed E-state index contributed by atoms with van der Waals surface area (Å²) in [5.41, 5.74) is 3.27. The SMILES string of the molecule is Cc1cnn(C(=S)Nc2ccccc2C)c1. The van der Waals surface area contributed by atoms with E-state index in [1.165, 1.54) is 0 Å². The number of hydrogen-bond donors (Lipinski definition) is 1. The first-order valence-electron chi connectivity index (χ1n) is 5.05. The third-order valence-electron chi connectivity index (χ3n) is 2.31. The van der Waals surface area contributed by atoms with Gasteiger partial charge in [-0.15, -0.1) is 0 Å². The highest BCUT2D eigenvalue weighted by atomic mass is 32.1. The van der Waals surface area contributed by atoms with Crippen LogP contribution in [0.2, 0.25) is 0 Å². The van der Waals surface area contributed by atoms with Crippen LogP contribution in [0.4, 0.5) is 5.69 Å². The number of rotatable bonds is 1. The normalized spacial score (nSPS) is 10.1. The number of hydrogen-bond acceptors (Lipinski definition) is 2. The fourth-order valence-electron chi connectivity index (χ4n) is 1.41. The van der Waals surface area contributed by atoms with Gasteiger partial charge >= 0.3 is 0 Å². The van der Waals surface area contributed by atoms with Gasteiger partial charge in [0.05, 0.1) is 6.20 Å². The molecule has 1 N–H and O–H groups in total. The van der Waals surface area contributed by atoms with Crippen molar-refractivity contribution in [3.05, 3.63) is 47.8 Å². The first-order chi connectivity index (χ1) is 7.66. The number of para-hydroxylation sites is 1. The molecule has 0 saturated heterocycles. The summed E-state index contributed by atoms with van der Waals surface area (Å²) < 4.78 is 1.66. The van der Waals surface area contributed by atoms with E-state index in [1.54, 1.807) is 10.9 Å². The Morgan fingerprint density at radius 2 is 2.06 bits per heavy atom. The number of benzene rings is 1. The Balaban J connectivity index is 2.17. The summed E-state index contributed by atoms with van der Waals surface area (Å²) in [5, 5.41) is 7.91. The second-order valence-corrected chi connectivity index (χ2v) is 4.09. The molecule has 0 aliphatic carbocycles. The highest BCUT2D eigenvalue weighted by Gasteiger charge is 2.03. The summed E-state index contributed by atoms with van der Waals surface area (Å²) in [7, 11) is 0. The lowest BCUT2D eigenvalue weighted by molar-refractivity contribution is 0.946. The zero-order chi connectivity index (χ0) is 11.5. The molecule has 0 bridgehead atoms. The second-order valence-electron chi connectivity index (χ2n) is 3.71. The van der Waals surface area contributed by atoms with Crippen LogP contribution >= 0.6 is 12.2 Å². The molecule has 1 heterocycles. The van der Waals surface area contributed by atoms with Crippen LogP contribution in [-0.2, 0) is 0 Å². The smallest absolute Gasteiger partial charge is 0.198 e. The van der Waals surface area contributed by atoms with Gasteiger partial charge in [-0.1, -0.05) is 18.2 Å². The van der Waals surface area contributed by atoms with Gasteiger partial charge in [0.25, 0.3) is 0 Å². The summed E-state index contributed by atoms with van der Waals surface area (Å²) >= 11 is 5.26. The van der Waals surface area contributed by atoms with Crippen molar-refractivity contribution in [2.45, 2.75) is 13.8 Å². The van der Waals surface area contributed by atoms with Crippen LogP contribution in [0.1, 0.15) is 11.1 Å². The first kappa shape index (κ1) is 10.8. The molecule has 0 fully saturated rings. The Bertz CT molecular complexity index is 516. The molecule has 0 atom stereocenters. The van der Waals surface area contributed by atoms with E-state index >= 15 is 0 Å². The summed E-state index contributed by atoms with van der Waals surface area (Å²) in [6.45, 7) is 4.03. The maximum atomic E-state index is 5.26. The third-order valence-corrected chi connectivity index (χ3v) is 2.60. The van der Waals surface area contributed by atoms with Crippen molar-refractivity contribution in [1.82, 2.24) is 9.78 Å². The fourth-order valence-corrected chi connectivity index (χ4v) is 1.62. The Kier molecular flexibility index (Phi) is 3.01. The van der Waals surface area contributed by atoms with Crippen molar-refractivity contribution in [3.8, 4) is 0 Å². The summed E-state index contributed by atoms with van der Waals surface area (Å²) in [6, 6.07) is 8.02. The predicted molar refractivity (Wildman–Crippen MR) is 69.8 cm³/mol. The minimum absolute atomic E-state index is 0.586. The van der Waals surface area contributed by atoms with Crippen molar-refractivity contribution < 1.29 is 0 Å². The van der Waals surface area contributed by atoms with E-state index in [1.807, 2.05) is 44.3 Å². The van der Waals surface area contributed by atoms with Gasteiger partial charge in [0, 0.05) is 11.9 Å². The van der Waals surface area contributed by atoms with Crippen molar-refractivity contribution in [2.24, 2.45) is 0 Å². The van der Waals surface area contributed by atoms with Crippen LogP contribution in [0.15, 0.2) is 36.7 Å². The Morgan fingerprint density at radius 1 is 1.31 bits per heavy atom. The maximum absolute atomic E-state index is 5.26. The third kappa shape index (κ3) is 2.28. The highest BCUT2D eigenvalue weighted by molar-refractivity contribution is 7.80. The van der Waals surface area contributed by atoms with E-state index in [-0.39, 0.29) is 0 Å². The molecule has 0 amide bonds. The molecule has 82 valence electrons. The highest BCUT2D eigenvalue weighted by Crippen LogP contribution is 2.13. The largest absolute Gasteiger partial charge is 0.331 e. The number of aromatic nitrogens is 2. The zero-order valence-electron chi connectivity index (χ0n) is 9.27. The molecule has 0 radical (unpaired) electrons. The van der Waals surface area contributed by atoms with Gasteiger partial charge in [0.1, 0.15) is 0 Å². The molecule has 3 nitrogen and oxygen atoms in total. The van der Waals surface area contributed by atoms with Crippen LogP contribution in [0.5, 0.6) is 0 Å². The van der Waals surface area contributed by atoms with Gasteiger partial charge in [-0.3, -0.25) is 0 Å². The van der Waals surface area contributed by atoms with Gasteiger partial charge in [0.2, 0.25) is 0 Å². The van der Waals surface area contributed by atoms with E-state index < -0.39 is 0 Å². The standard InChI is InChI=1S/C12H13N3S/c1-9-7-13-15(8-9)12(16)14-11-6-4-3-5-10(11)2/h3-8H,1-2H3,(H,14,16). The second kappa shape index (κ2) is 4.45. The topological polar surface area (TPSA) is 29.9 Å². The monoisotopic (exact) mass is 231 g/mol. The lowest BCUT2D eigenvalue weighted by atomic mass is 10.2. The number of aryl methyl sites for hydroxylation is 2. The van der Waals surface area contributed by atoms with Crippen molar-refractivity contribution in [2.75, 3.05) is 5.32 Å². The van der Waals surface area contributed by atoms with Crippen molar-refractivity contribution in [1.29, 1.82) is 0 Å². The van der Waals surface area contributed by atoms with Crippen LogP contribution in [0.3, 0.4) is 0 Å². The van der Waals surface area contributed by atoms with E-state index in [0.717, 1.165) is 16.8 Å². The quantitative estimate of drug-likeness (QED) is 0.765. The molecule has 0 spiro atoms. The fraction of sp³-hybridized carbons (Fsp3) is 0.167. The lowest BCUT2D eigenvalue weighted by Crippen LogP contribution is -2.19. The maximum Gasteiger partial charge on any atom is 0.198 e. The molecular weight excluding hydrogens is 218 g/mol. The van der Waals surface area contributed by atoms with Crippen LogP contribution in [-0.4, -0.2) is 14.9 Å². The van der Waals surface area contributed by atoms with Crippen molar-refractivity contribution in [3.63, 3.8) is 0 Å². The number of anilines is 1. The molecule has 2 rings (SSSR count). The average Bonchev–Trinajstić information content (AvgIpc) is 2.68. The average molecular weight is 231 g/mol. The van der Waals surface area contributed by atoms with Crippen LogP contribution < -0.4 is 5.32 Å². The Morgan fingerprint density at radius 3 is 2.69 bits per heavy atom. The van der Waals surface area contributed by atoms with E-state index in [9.17, 15) is 0 Å². The molecule has 1 aromatic heterocycles. The van der Waals surface area contributed by atoms with E-state index in [0.29, 0.717) is 5.11 Å². The van der Waals surface area contributed by atoms with Gasteiger partial charge in [-0.05, 0) is 43.3 Å². The molecule has 0 unspecified atom stereocenters. The first-order valence-corrected chi connectivity index (χ1v) is 5.46. The molecule has 16 heavy (non-hydrogen) atoms. The zero-order valence-corrected chi connectivity index (χ0v) is 10.1.